The molecular formula is C21H31N3O4S. The second kappa shape index (κ2) is 9.45. The lowest BCUT2D eigenvalue weighted by molar-refractivity contribution is 0.0601. The molecule has 7 nitrogen and oxygen atoms in total. The third-order valence-corrected chi connectivity index (χ3v) is 5.29. The van der Waals surface area contributed by atoms with Crippen LogP contribution in [0.15, 0.2) is 39.7 Å². The summed E-state index contributed by atoms with van der Waals surface area (Å²) in [6.45, 7) is 8.79. The van der Waals surface area contributed by atoms with Gasteiger partial charge in [-0.25, -0.2) is 13.4 Å². The summed E-state index contributed by atoms with van der Waals surface area (Å²) in [6.07, 6.45) is 1.22. The fraction of sp³-hybridized carbons (Fsp3) is 0.476. The maximum atomic E-state index is 11.4. The zero-order valence-electron chi connectivity index (χ0n) is 17.7. The molecule has 0 spiro atoms. The van der Waals surface area contributed by atoms with E-state index in [2.05, 4.69) is 15.6 Å². The Bertz CT molecular complexity index is 945. The van der Waals surface area contributed by atoms with Crippen LogP contribution in [0.3, 0.4) is 0 Å². The van der Waals surface area contributed by atoms with Gasteiger partial charge in [-0.1, -0.05) is 24.3 Å². The lowest BCUT2D eigenvalue weighted by atomic mass is 9.96. The Morgan fingerprint density at radius 3 is 2.31 bits per heavy atom. The highest BCUT2D eigenvalue weighted by Gasteiger charge is 2.27. The fourth-order valence-electron chi connectivity index (χ4n) is 3.07. The van der Waals surface area contributed by atoms with Crippen LogP contribution in [-0.2, 0) is 27.7 Å². The molecule has 0 radical (unpaired) electrons. The first-order valence-electron chi connectivity index (χ1n) is 9.58. The van der Waals surface area contributed by atoms with E-state index >= 15 is 0 Å². The van der Waals surface area contributed by atoms with E-state index in [-0.39, 0.29) is 12.3 Å². The van der Waals surface area contributed by atoms with Gasteiger partial charge in [-0.15, -0.1) is 0 Å². The van der Waals surface area contributed by atoms with Crippen LogP contribution >= 0.6 is 0 Å². The number of nitrogens with one attached hydrogen (secondary N) is 2. The van der Waals surface area contributed by atoms with Gasteiger partial charge in [-0.2, -0.15) is 0 Å². The normalized spacial score (nSPS) is 14.5. The van der Waals surface area contributed by atoms with Crippen molar-refractivity contribution in [2.24, 2.45) is 4.99 Å². The standard InChI is InChI=1S/C21H31N3O4S/c1-6-22-20(24-14-21(4,25)19-11-15(2)28-16(19)3)23-12-17-7-9-18(10-8-17)13-29(5,26)27/h7-11,25H,6,12-14H2,1-5H3,(H2,22,23,24). The number of rotatable bonds is 8. The van der Waals surface area contributed by atoms with E-state index in [1.807, 2.05) is 39.0 Å². The molecule has 3 N–H and O–H groups in total. The molecule has 1 aromatic heterocycles. The van der Waals surface area contributed by atoms with Crippen molar-refractivity contribution in [1.82, 2.24) is 10.6 Å². The molecule has 2 aromatic rings. The molecule has 0 saturated carbocycles. The number of nitrogens with zero attached hydrogens (tertiary/aromatic N) is 1. The SMILES string of the molecule is CCNC(=NCc1ccc(CS(C)(=O)=O)cc1)NCC(C)(O)c1cc(C)oc1C. The molecule has 8 heteroatoms. The average Bonchev–Trinajstić information content (AvgIpc) is 2.96. The molecule has 0 amide bonds. The molecule has 1 aromatic carbocycles. The molecule has 0 aliphatic carbocycles. The van der Waals surface area contributed by atoms with Gasteiger partial charge in [-0.05, 0) is 44.9 Å². The first-order valence-corrected chi connectivity index (χ1v) is 11.6. The Labute approximate surface area is 173 Å². The Hall–Kier alpha value is -2.32. The van der Waals surface area contributed by atoms with Crippen molar-refractivity contribution in [2.45, 2.75) is 45.6 Å². The Kier molecular flexibility index (Phi) is 7.48. The number of furan rings is 1. The van der Waals surface area contributed by atoms with Crippen LogP contribution in [0.1, 0.15) is 42.1 Å². The number of aryl methyl sites for hydroxylation is 2. The summed E-state index contributed by atoms with van der Waals surface area (Å²) in [5.41, 5.74) is 1.37. The third kappa shape index (κ3) is 7.21. The number of sulfone groups is 1. The largest absolute Gasteiger partial charge is 0.466 e. The Morgan fingerprint density at radius 1 is 1.17 bits per heavy atom. The minimum atomic E-state index is -3.05. The molecule has 1 heterocycles. The predicted molar refractivity (Wildman–Crippen MR) is 116 cm³/mol. The minimum Gasteiger partial charge on any atom is -0.466 e. The van der Waals surface area contributed by atoms with Gasteiger partial charge in [0.25, 0.3) is 0 Å². The molecule has 0 fully saturated rings. The lowest BCUT2D eigenvalue weighted by Gasteiger charge is -2.24. The van der Waals surface area contributed by atoms with Gasteiger partial charge in [0, 0.05) is 18.4 Å². The van der Waals surface area contributed by atoms with Gasteiger partial charge >= 0.3 is 0 Å². The van der Waals surface area contributed by atoms with Gasteiger partial charge in [0.15, 0.2) is 15.8 Å². The predicted octanol–water partition coefficient (Wildman–Crippen LogP) is 2.40. The van der Waals surface area contributed by atoms with E-state index in [0.717, 1.165) is 22.5 Å². The first-order chi connectivity index (χ1) is 13.5. The van der Waals surface area contributed by atoms with Crippen molar-refractivity contribution >= 4 is 15.8 Å². The van der Waals surface area contributed by atoms with E-state index in [1.54, 1.807) is 19.1 Å². The number of aliphatic imine (C=N–C) groups is 1. The van der Waals surface area contributed by atoms with Gasteiger partial charge in [0.2, 0.25) is 0 Å². The van der Waals surface area contributed by atoms with Gasteiger partial charge < -0.3 is 20.2 Å². The van der Waals surface area contributed by atoms with Crippen molar-refractivity contribution in [1.29, 1.82) is 0 Å². The summed E-state index contributed by atoms with van der Waals surface area (Å²) >= 11 is 0. The van der Waals surface area contributed by atoms with Crippen molar-refractivity contribution in [3.63, 3.8) is 0 Å². The van der Waals surface area contributed by atoms with Crippen LogP contribution in [0.5, 0.6) is 0 Å². The molecule has 0 aliphatic rings. The smallest absolute Gasteiger partial charge is 0.191 e. The topological polar surface area (TPSA) is 104 Å². The zero-order valence-corrected chi connectivity index (χ0v) is 18.6. The summed E-state index contributed by atoms with van der Waals surface area (Å²) < 4.78 is 28.3. The average molecular weight is 422 g/mol. The van der Waals surface area contributed by atoms with Crippen molar-refractivity contribution < 1.29 is 17.9 Å². The molecule has 1 unspecified atom stereocenters. The van der Waals surface area contributed by atoms with Gasteiger partial charge in [-0.3, -0.25) is 0 Å². The molecule has 1 atom stereocenters. The zero-order chi connectivity index (χ0) is 21.7. The van der Waals surface area contributed by atoms with Crippen molar-refractivity contribution in [3.8, 4) is 0 Å². The second-order valence-electron chi connectivity index (χ2n) is 7.54. The Balaban J connectivity index is 2.03. The summed E-state index contributed by atoms with van der Waals surface area (Å²) in [4.78, 5) is 4.55. The van der Waals surface area contributed by atoms with Crippen LogP contribution in [-0.4, -0.2) is 38.8 Å². The minimum absolute atomic E-state index is 0.0305. The lowest BCUT2D eigenvalue weighted by Crippen LogP contribution is -2.44. The monoisotopic (exact) mass is 421 g/mol. The molecule has 0 bridgehead atoms. The van der Waals surface area contributed by atoms with E-state index in [4.69, 9.17) is 4.42 Å². The van der Waals surface area contributed by atoms with Crippen LogP contribution in [0.2, 0.25) is 0 Å². The highest BCUT2D eigenvalue weighted by atomic mass is 32.2. The number of guanidine groups is 1. The summed E-state index contributed by atoms with van der Waals surface area (Å²) in [7, 11) is -3.05. The highest BCUT2D eigenvalue weighted by Crippen LogP contribution is 2.26. The third-order valence-electron chi connectivity index (χ3n) is 4.44. The molecule has 0 aliphatic heterocycles. The van der Waals surface area contributed by atoms with E-state index < -0.39 is 15.4 Å². The Morgan fingerprint density at radius 2 is 1.79 bits per heavy atom. The summed E-state index contributed by atoms with van der Waals surface area (Å²) in [6, 6.07) is 9.21. The van der Waals surface area contributed by atoms with Crippen LogP contribution in [0, 0.1) is 13.8 Å². The summed E-state index contributed by atoms with van der Waals surface area (Å²) in [5, 5.41) is 17.2. The molecule has 160 valence electrons. The van der Waals surface area contributed by atoms with Crippen LogP contribution in [0.25, 0.3) is 0 Å². The highest BCUT2D eigenvalue weighted by molar-refractivity contribution is 7.89. The molecule has 2 rings (SSSR count). The molecule has 0 saturated heterocycles. The van der Waals surface area contributed by atoms with Crippen LogP contribution in [0.4, 0.5) is 0 Å². The van der Waals surface area contributed by atoms with Crippen molar-refractivity contribution in [2.75, 3.05) is 19.3 Å². The molecular weight excluding hydrogens is 390 g/mol. The van der Waals surface area contributed by atoms with E-state index in [0.29, 0.717) is 24.8 Å². The maximum absolute atomic E-state index is 11.4. The van der Waals surface area contributed by atoms with Gasteiger partial charge in [0.1, 0.15) is 17.1 Å². The maximum Gasteiger partial charge on any atom is 0.191 e. The van der Waals surface area contributed by atoms with Crippen molar-refractivity contribution in [3.05, 3.63) is 58.5 Å². The first kappa shape index (κ1) is 23.0. The second-order valence-corrected chi connectivity index (χ2v) is 9.68. The number of benzene rings is 1. The van der Waals surface area contributed by atoms with E-state index in [1.165, 1.54) is 6.26 Å². The number of aliphatic hydroxyl groups is 1. The van der Waals surface area contributed by atoms with Gasteiger partial charge in [0.05, 0.1) is 18.8 Å². The number of hydrogen-bond acceptors (Lipinski definition) is 5. The van der Waals surface area contributed by atoms with Crippen LogP contribution < -0.4 is 10.6 Å². The summed E-state index contributed by atoms with van der Waals surface area (Å²) in [5.74, 6) is 2.08. The molecule has 29 heavy (non-hydrogen) atoms. The fourth-order valence-corrected chi connectivity index (χ4v) is 3.87. The number of hydrogen-bond donors (Lipinski definition) is 3. The van der Waals surface area contributed by atoms with E-state index in [9.17, 15) is 13.5 Å². The quantitative estimate of drug-likeness (QED) is 0.447.